The van der Waals surface area contributed by atoms with Crippen LogP contribution in [0.3, 0.4) is 0 Å². The van der Waals surface area contributed by atoms with Gasteiger partial charge in [0.15, 0.2) is 5.82 Å². The summed E-state index contributed by atoms with van der Waals surface area (Å²) in [6.07, 6.45) is 0. The van der Waals surface area contributed by atoms with E-state index >= 15 is 0 Å². The highest BCUT2D eigenvalue weighted by Crippen LogP contribution is 2.56. The molecule has 1 aliphatic rings. The second-order valence-corrected chi connectivity index (χ2v) is 25.5. The van der Waals surface area contributed by atoms with Gasteiger partial charge >= 0.3 is 0 Å². The van der Waals surface area contributed by atoms with Crippen LogP contribution in [0.25, 0.3) is 95.4 Å². The number of benzene rings is 10. The standard InChI is InChI=1S/C69H52N4Si/c1-74(2,3)56-40-42-59-58-41-39-50(44-61(58)69(62(59)45-56,53-25-10-5-11-26-53)54-27-12-6-13-28-54)47-35-37-49(38-36-47)64-46-65(71-67(70-64)60-32-17-16-31-57(60)48-21-8-4-9-22-48)51-23-20-24-52(43-51)68-72-63-33-18-19-34-66(63)73(68)55-29-14-7-15-30-55/h4-46H,1-3H3. The molecule has 0 radical (unpaired) electrons. The molecule has 2 aromatic heterocycles. The molecule has 0 saturated heterocycles. The zero-order chi connectivity index (χ0) is 49.8. The summed E-state index contributed by atoms with van der Waals surface area (Å²) in [6, 6.07) is 94.2. The van der Waals surface area contributed by atoms with E-state index in [1.54, 1.807) is 0 Å². The first-order valence-electron chi connectivity index (χ1n) is 25.5. The summed E-state index contributed by atoms with van der Waals surface area (Å²) in [4.78, 5) is 16.0. The Hall–Kier alpha value is -9.03. The fraction of sp³-hybridized carbons (Fsp3) is 0.0580. The first-order chi connectivity index (χ1) is 36.3. The van der Waals surface area contributed by atoms with Crippen molar-refractivity contribution in [3.05, 3.63) is 283 Å². The molecular weight excluding hydrogens is 913 g/mol. The molecule has 0 spiro atoms. The van der Waals surface area contributed by atoms with Crippen LogP contribution in [-0.2, 0) is 5.41 Å². The average Bonchev–Trinajstić information content (AvgIpc) is 4.03. The van der Waals surface area contributed by atoms with Crippen LogP contribution in [-0.4, -0.2) is 27.6 Å². The van der Waals surface area contributed by atoms with E-state index in [-0.39, 0.29) is 0 Å². The summed E-state index contributed by atoms with van der Waals surface area (Å²) in [5.74, 6) is 1.53. The molecule has 74 heavy (non-hydrogen) atoms. The number of fused-ring (bicyclic) bond motifs is 4. The molecule has 2 heterocycles. The van der Waals surface area contributed by atoms with Gasteiger partial charge in [0, 0.05) is 27.9 Å². The number of aromatic nitrogens is 4. The highest BCUT2D eigenvalue weighted by molar-refractivity contribution is 6.88. The van der Waals surface area contributed by atoms with Crippen molar-refractivity contribution >= 4 is 24.3 Å². The lowest BCUT2D eigenvalue weighted by atomic mass is 9.67. The van der Waals surface area contributed by atoms with E-state index in [1.807, 2.05) is 12.1 Å². The lowest BCUT2D eigenvalue weighted by molar-refractivity contribution is 0.769. The van der Waals surface area contributed by atoms with Crippen LogP contribution in [0.4, 0.5) is 0 Å². The minimum atomic E-state index is -1.65. The molecule has 4 nitrogen and oxygen atoms in total. The third-order valence-corrected chi connectivity index (χ3v) is 16.9. The molecule has 0 saturated carbocycles. The maximum absolute atomic E-state index is 5.41. The number of rotatable bonds is 10. The Morgan fingerprint density at radius 2 is 0.878 bits per heavy atom. The number of nitrogens with zero attached hydrogens (tertiary/aromatic N) is 4. The molecule has 10 aromatic carbocycles. The van der Waals surface area contributed by atoms with Crippen molar-refractivity contribution in [1.82, 2.24) is 19.5 Å². The van der Waals surface area contributed by atoms with Crippen LogP contribution in [0.5, 0.6) is 0 Å². The number of hydrogen-bond donors (Lipinski definition) is 0. The fourth-order valence-corrected chi connectivity index (χ4v) is 12.4. The minimum absolute atomic E-state index is 0.492. The highest BCUT2D eigenvalue weighted by atomic mass is 28.3. The number of para-hydroxylation sites is 3. The molecular formula is C69H52N4Si. The fourth-order valence-electron chi connectivity index (χ4n) is 11.3. The monoisotopic (exact) mass is 964 g/mol. The van der Waals surface area contributed by atoms with Crippen LogP contribution in [0.1, 0.15) is 22.3 Å². The van der Waals surface area contributed by atoms with E-state index in [1.165, 1.54) is 44.1 Å². The quantitative estimate of drug-likeness (QED) is 0.128. The van der Waals surface area contributed by atoms with Gasteiger partial charge in [0.2, 0.25) is 0 Å². The SMILES string of the molecule is C[Si](C)(C)c1ccc2c(c1)C(c1ccccc1)(c1ccccc1)c1cc(-c3ccc(-c4cc(-c5cccc(-c6nc7ccccc7n6-c6ccccc6)c5)nc(-c5ccccc5-c5ccccc5)n4)cc3)ccc1-2. The summed E-state index contributed by atoms with van der Waals surface area (Å²) in [5.41, 5.74) is 20.5. The van der Waals surface area contributed by atoms with Crippen LogP contribution >= 0.6 is 0 Å². The van der Waals surface area contributed by atoms with E-state index in [4.69, 9.17) is 15.0 Å². The first kappa shape index (κ1) is 44.9. The molecule has 0 unspecified atom stereocenters. The van der Waals surface area contributed by atoms with E-state index in [9.17, 15) is 0 Å². The Balaban J connectivity index is 0.945. The average molecular weight is 965 g/mol. The van der Waals surface area contributed by atoms with Crippen molar-refractivity contribution in [2.45, 2.75) is 25.1 Å². The van der Waals surface area contributed by atoms with Gasteiger partial charge in [-0.1, -0.05) is 243 Å². The van der Waals surface area contributed by atoms with E-state index in [2.05, 4.69) is 273 Å². The van der Waals surface area contributed by atoms with Gasteiger partial charge in [-0.05, 0) is 98.1 Å². The van der Waals surface area contributed by atoms with Crippen LogP contribution in [0, 0.1) is 0 Å². The molecule has 1 aliphatic carbocycles. The molecule has 0 aliphatic heterocycles. The second kappa shape index (κ2) is 18.2. The molecule has 13 rings (SSSR count). The summed E-state index contributed by atoms with van der Waals surface area (Å²) in [5, 5.41) is 1.47. The molecule has 0 bridgehead atoms. The lowest BCUT2D eigenvalue weighted by Gasteiger charge is -2.35. The Kier molecular flexibility index (Phi) is 11.1. The maximum Gasteiger partial charge on any atom is 0.161 e. The van der Waals surface area contributed by atoms with Gasteiger partial charge in [-0.15, -0.1) is 0 Å². The van der Waals surface area contributed by atoms with Crippen molar-refractivity contribution in [1.29, 1.82) is 0 Å². The molecule has 12 aromatic rings. The van der Waals surface area contributed by atoms with Gasteiger partial charge in [-0.2, -0.15) is 0 Å². The van der Waals surface area contributed by atoms with Crippen LogP contribution in [0.2, 0.25) is 19.6 Å². The lowest BCUT2D eigenvalue weighted by Crippen LogP contribution is -2.39. The molecule has 0 fully saturated rings. The second-order valence-electron chi connectivity index (χ2n) is 20.4. The zero-order valence-electron chi connectivity index (χ0n) is 41.6. The number of imidazole rings is 1. The molecule has 0 amide bonds. The largest absolute Gasteiger partial charge is 0.292 e. The third kappa shape index (κ3) is 7.72. The number of hydrogen-bond acceptors (Lipinski definition) is 3. The highest BCUT2D eigenvalue weighted by Gasteiger charge is 2.46. The predicted molar refractivity (Wildman–Crippen MR) is 310 cm³/mol. The van der Waals surface area contributed by atoms with E-state index < -0.39 is 13.5 Å². The first-order valence-corrected chi connectivity index (χ1v) is 29.0. The van der Waals surface area contributed by atoms with Gasteiger partial charge in [0.1, 0.15) is 5.82 Å². The van der Waals surface area contributed by atoms with E-state index in [0.29, 0.717) is 5.82 Å². The summed E-state index contributed by atoms with van der Waals surface area (Å²) >= 11 is 0. The maximum atomic E-state index is 5.41. The Morgan fingerprint density at radius 1 is 0.351 bits per heavy atom. The van der Waals surface area contributed by atoms with Crippen LogP contribution in [0.15, 0.2) is 261 Å². The summed E-state index contributed by atoms with van der Waals surface area (Å²) in [6.45, 7) is 7.34. The van der Waals surface area contributed by atoms with Gasteiger partial charge in [-0.3, -0.25) is 4.57 Å². The van der Waals surface area contributed by atoms with Gasteiger partial charge in [0.05, 0.1) is 35.9 Å². The molecule has 0 N–H and O–H groups in total. The van der Waals surface area contributed by atoms with Crippen molar-refractivity contribution in [3.8, 4) is 84.4 Å². The predicted octanol–water partition coefficient (Wildman–Crippen LogP) is 16.7. The molecule has 5 heteroatoms. The minimum Gasteiger partial charge on any atom is -0.292 e. The van der Waals surface area contributed by atoms with Crippen LogP contribution < -0.4 is 5.19 Å². The molecule has 0 atom stereocenters. The topological polar surface area (TPSA) is 43.6 Å². The van der Waals surface area contributed by atoms with Crippen molar-refractivity contribution < 1.29 is 0 Å². The normalized spacial score (nSPS) is 12.6. The Labute approximate surface area is 434 Å². The summed E-state index contributed by atoms with van der Waals surface area (Å²) < 4.78 is 2.25. The molecule has 352 valence electrons. The van der Waals surface area contributed by atoms with Gasteiger partial charge < -0.3 is 0 Å². The van der Waals surface area contributed by atoms with Gasteiger partial charge in [-0.25, -0.2) is 15.0 Å². The third-order valence-electron chi connectivity index (χ3n) is 14.9. The van der Waals surface area contributed by atoms with Gasteiger partial charge in [0.25, 0.3) is 0 Å². The van der Waals surface area contributed by atoms with E-state index in [0.717, 1.165) is 72.9 Å². The Bertz CT molecular complexity index is 3990. The summed E-state index contributed by atoms with van der Waals surface area (Å²) in [7, 11) is -1.65. The van der Waals surface area contributed by atoms with Crippen molar-refractivity contribution in [2.24, 2.45) is 0 Å². The van der Waals surface area contributed by atoms with Crippen molar-refractivity contribution in [2.75, 3.05) is 0 Å². The Morgan fingerprint density at radius 3 is 1.57 bits per heavy atom. The smallest absolute Gasteiger partial charge is 0.161 e. The van der Waals surface area contributed by atoms with Crippen molar-refractivity contribution in [3.63, 3.8) is 0 Å². The zero-order valence-corrected chi connectivity index (χ0v) is 42.6.